The number of hydrogen-bond donors (Lipinski definition) is 2. The third kappa shape index (κ3) is 7.45. The van der Waals surface area contributed by atoms with Crippen LogP contribution in [0.25, 0.3) is 0 Å². The zero-order chi connectivity index (χ0) is 15.7. The molecule has 2 atom stereocenters. The summed E-state index contributed by atoms with van der Waals surface area (Å²) in [5.41, 5.74) is 1.30. The zero-order valence-electron chi connectivity index (χ0n) is 14.5. The van der Waals surface area contributed by atoms with Gasteiger partial charge in [0.25, 0.3) is 0 Å². The van der Waals surface area contributed by atoms with Gasteiger partial charge in [-0.1, -0.05) is 37.3 Å². The fraction of sp³-hybridized carbons (Fsp3) is 0.588. The van der Waals surface area contributed by atoms with E-state index in [-0.39, 0.29) is 24.0 Å². The van der Waals surface area contributed by atoms with Crippen LogP contribution in [0.5, 0.6) is 0 Å². The van der Waals surface area contributed by atoms with Crippen LogP contribution in [-0.2, 0) is 0 Å². The second-order valence-corrected chi connectivity index (χ2v) is 5.56. The van der Waals surface area contributed by atoms with Gasteiger partial charge < -0.3 is 15.5 Å². The molecular weight excluding hydrogens is 387 g/mol. The Balaban J connectivity index is 0.00000441. The second kappa shape index (κ2) is 11.7. The summed E-state index contributed by atoms with van der Waals surface area (Å²) < 4.78 is 0. The van der Waals surface area contributed by atoms with E-state index >= 15 is 0 Å². The molecule has 126 valence electrons. The lowest BCUT2D eigenvalue weighted by Gasteiger charge is -2.24. The molecule has 1 aromatic rings. The van der Waals surface area contributed by atoms with E-state index in [9.17, 15) is 0 Å². The molecular formula is C17H31IN4. The van der Waals surface area contributed by atoms with Crippen LogP contribution in [0.3, 0.4) is 0 Å². The van der Waals surface area contributed by atoms with Gasteiger partial charge in [-0.25, -0.2) is 0 Å². The van der Waals surface area contributed by atoms with Crippen molar-refractivity contribution in [3.63, 3.8) is 0 Å². The number of halogens is 1. The normalized spacial score (nSPS) is 14.2. The minimum atomic E-state index is 0. The Morgan fingerprint density at radius 1 is 1.18 bits per heavy atom. The van der Waals surface area contributed by atoms with Crippen LogP contribution in [0.15, 0.2) is 35.3 Å². The monoisotopic (exact) mass is 418 g/mol. The Morgan fingerprint density at radius 2 is 1.82 bits per heavy atom. The van der Waals surface area contributed by atoms with E-state index in [1.165, 1.54) is 5.56 Å². The molecule has 0 aliphatic carbocycles. The molecule has 0 saturated heterocycles. The van der Waals surface area contributed by atoms with Crippen molar-refractivity contribution < 1.29 is 0 Å². The van der Waals surface area contributed by atoms with Crippen LogP contribution in [0.2, 0.25) is 0 Å². The van der Waals surface area contributed by atoms with Gasteiger partial charge in [-0.15, -0.1) is 24.0 Å². The number of rotatable bonds is 7. The predicted octanol–water partition coefficient (Wildman–Crippen LogP) is 3.26. The third-order valence-corrected chi connectivity index (χ3v) is 3.57. The highest BCUT2D eigenvalue weighted by Gasteiger charge is 2.13. The van der Waals surface area contributed by atoms with Gasteiger partial charge in [0.2, 0.25) is 0 Å². The summed E-state index contributed by atoms with van der Waals surface area (Å²) >= 11 is 0. The van der Waals surface area contributed by atoms with Gasteiger partial charge in [0.05, 0.1) is 12.6 Å². The molecule has 22 heavy (non-hydrogen) atoms. The number of nitrogens with zero attached hydrogens (tertiary/aromatic N) is 2. The van der Waals surface area contributed by atoms with E-state index < -0.39 is 0 Å². The molecule has 0 spiro atoms. The minimum Gasteiger partial charge on any atom is -0.357 e. The predicted molar refractivity (Wildman–Crippen MR) is 107 cm³/mol. The fourth-order valence-corrected chi connectivity index (χ4v) is 2.08. The van der Waals surface area contributed by atoms with Gasteiger partial charge in [-0.2, -0.15) is 0 Å². The molecule has 2 N–H and O–H groups in total. The quantitative estimate of drug-likeness (QED) is 0.406. The van der Waals surface area contributed by atoms with Crippen LogP contribution >= 0.6 is 24.0 Å². The maximum atomic E-state index is 4.75. The van der Waals surface area contributed by atoms with Gasteiger partial charge >= 0.3 is 0 Å². The summed E-state index contributed by atoms with van der Waals surface area (Å²) in [5.74, 6) is 0.898. The van der Waals surface area contributed by atoms with Crippen molar-refractivity contribution in [3.05, 3.63) is 35.9 Å². The first-order valence-corrected chi connectivity index (χ1v) is 7.84. The number of guanidine groups is 1. The summed E-state index contributed by atoms with van der Waals surface area (Å²) in [6.07, 6.45) is 1.08. The van der Waals surface area contributed by atoms with E-state index in [0.717, 1.165) is 25.5 Å². The Hall–Kier alpha value is -0.820. The molecule has 0 aromatic heterocycles. The molecule has 4 nitrogen and oxygen atoms in total. The van der Waals surface area contributed by atoms with Gasteiger partial charge in [-0.3, -0.25) is 4.99 Å². The van der Waals surface area contributed by atoms with E-state index in [0.29, 0.717) is 12.1 Å². The molecule has 0 fully saturated rings. The molecule has 2 unspecified atom stereocenters. The van der Waals surface area contributed by atoms with E-state index in [1.807, 2.05) is 6.07 Å². The summed E-state index contributed by atoms with van der Waals surface area (Å²) in [5, 5.41) is 6.75. The van der Waals surface area contributed by atoms with Crippen molar-refractivity contribution >= 4 is 29.9 Å². The Morgan fingerprint density at radius 3 is 2.32 bits per heavy atom. The van der Waals surface area contributed by atoms with Crippen molar-refractivity contribution in [1.82, 2.24) is 15.5 Å². The topological polar surface area (TPSA) is 39.7 Å². The molecule has 0 saturated carbocycles. The van der Waals surface area contributed by atoms with Gasteiger partial charge in [0.1, 0.15) is 0 Å². The standard InChI is InChI=1S/C17H30N4.HI/c1-6-14(3)20-17(18-7-2)19-13-16(21(4)5)15-11-9-8-10-12-15;/h8-12,14,16H,6-7,13H2,1-5H3,(H2,18,19,20);1H. The molecule has 1 aromatic carbocycles. The van der Waals surface area contributed by atoms with Crippen molar-refractivity contribution in [2.75, 3.05) is 27.2 Å². The lowest BCUT2D eigenvalue weighted by atomic mass is 10.1. The highest BCUT2D eigenvalue weighted by Crippen LogP contribution is 2.17. The number of nitrogens with one attached hydrogen (secondary N) is 2. The number of likely N-dealkylation sites (N-methyl/N-ethyl adjacent to an activating group) is 1. The number of hydrogen-bond acceptors (Lipinski definition) is 2. The molecule has 0 radical (unpaired) electrons. The number of aliphatic imine (C=N–C) groups is 1. The number of benzene rings is 1. The van der Waals surface area contributed by atoms with E-state index in [2.05, 4.69) is 74.7 Å². The maximum Gasteiger partial charge on any atom is 0.191 e. The first-order valence-electron chi connectivity index (χ1n) is 7.84. The SMILES string of the molecule is CCNC(=NCC(c1ccccc1)N(C)C)NC(C)CC.I. The molecule has 0 aliphatic rings. The molecule has 5 heteroatoms. The van der Waals surface area contributed by atoms with Crippen molar-refractivity contribution in [2.24, 2.45) is 4.99 Å². The highest BCUT2D eigenvalue weighted by molar-refractivity contribution is 14.0. The summed E-state index contributed by atoms with van der Waals surface area (Å²) in [6.45, 7) is 8.05. The molecule has 0 bridgehead atoms. The largest absolute Gasteiger partial charge is 0.357 e. The van der Waals surface area contributed by atoms with Crippen LogP contribution < -0.4 is 10.6 Å². The van der Waals surface area contributed by atoms with Crippen molar-refractivity contribution in [3.8, 4) is 0 Å². The maximum absolute atomic E-state index is 4.75. The zero-order valence-corrected chi connectivity index (χ0v) is 16.8. The average molecular weight is 418 g/mol. The van der Waals surface area contributed by atoms with E-state index in [4.69, 9.17) is 4.99 Å². The Kier molecular flexibility index (Phi) is 11.3. The molecule has 1 rings (SSSR count). The van der Waals surface area contributed by atoms with Crippen molar-refractivity contribution in [1.29, 1.82) is 0 Å². The van der Waals surface area contributed by atoms with Crippen LogP contribution in [0.1, 0.15) is 38.8 Å². The molecule has 0 heterocycles. The third-order valence-electron chi connectivity index (χ3n) is 3.57. The second-order valence-electron chi connectivity index (χ2n) is 5.56. The molecule has 0 amide bonds. The van der Waals surface area contributed by atoms with Gasteiger partial charge in [0, 0.05) is 12.6 Å². The Bertz CT molecular complexity index is 420. The average Bonchev–Trinajstić information content (AvgIpc) is 2.48. The first kappa shape index (κ1) is 21.2. The first-order chi connectivity index (χ1) is 10.1. The van der Waals surface area contributed by atoms with Gasteiger partial charge in [-0.05, 0) is 39.9 Å². The van der Waals surface area contributed by atoms with Gasteiger partial charge in [0.15, 0.2) is 5.96 Å². The van der Waals surface area contributed by atoms with Crippen molar-refractivity contribution in [2.45, 2.75) is 39.3 Å². The van der Waals surface area contributed by atoms with Crippen LogP contribution in [0.4, 0.5) is 0 Å². The summed E-state index contributed by atoms with van der Waals surface area (Å²) in [6, 6.07) is 11.3. The molecule has 0 aliphatic heterocycles. The summed E-state index contributed by atoms with van der Waals surface area (Å²) in [7, 11) is 4.20. The lowest BCUT2D eigenvalue weighted by Crippen LogP contribution is -2.42. The van der Waals surface area contributed by atoms with E-state index in [1.54, 1.807) is 0 Å². The highest BCUT2D eigenvalue weighted by atomic mass is 127. The summed E-state index contributed by atoms with van der Waals surface area (Å²) in [4.78, 5) is 6.97. The smallest absolute Gasteiger partial charge is 0.191 e. The van der Waals surface area contributed by atoms with Crippen LogP contribution in [0, 0.1) is 0 Å². The fourth-order valence-electron chi connectivity index (χ4n) is 2.08. The minimum absolute atomic E-state index is 0. The Labute approximate surface area is 152 Å². The van der Waals surface area contributed by atoms with Crippen LogP contribution in [-0.4, -0.2) is 44.1 Å². The lowest BCUT2D eigenvalue weighted by molar-refractivity contribution is 0.306.